The number of halogens is 1. The van der Waals surface area contributed by atoms with Gasteiger partial charge in [0.15, 0.2) is 17.5 Å². The molecule has 0 spiro atoms. The van der Waals surface area contributed by atoms with Crippen LogP contribution in [0.5, 0.6) is 0 Å². The van der Waals surface area contributed by atoms with Crippen molar-refractivity contribution in [2.75, 3.05) is 24.4 Å². The number of esters is 1. The fourth-order valence-corrected chi connectivity index (χ4v) is 4.33. The van der Waals surface area contributed by atoms with Crippen LogP contribution in [0.4, 0.5) is 21.7 Å². The maximum absolute atomic E-state index is 15.0. The molecule has 3 rings (SSSR count). The van der Waals surface area contributed by atoms with Gasteiger partial charge in [0, 0.05) is 24.2 Å². The Hall–Kier alpha value is -3.71. The summed E-state index contributed by atoms with van der Waals surface area (Å²) in [7, 11) is 1.64. The van der Waals surface area contributed by atoms with Crippen LogP contribution in [-0.2, 0) is 20.8 Å². The summed E-state index contributed by atoms with van der Waals surface area (Å²) in [6, 6.07) is 8.64. The number of fused-ring (bicyclic) bond motifs is 1. The molecule has 0 unspecified atom stereocenters. The number of hydrogen-bond donors (Lipinski definition) is 2. The normalized spacial score (nSPS) is 13.1. The molecular formula is C28H37FN6O3. The van der Waals surface area contributed by atoms with Gasteiger partial charge < -0.3 is 20.1 Å². The number of benzene rings is 1. The highest BCUT2D eigenvalue weighted by molar-refractivity contribution is 5.83. The van der Waals surface area contributed by atoms with E-state index in [9.17, 15) is 10.1 Å². The Labute approximate surface area is 223 Å². The van der Waals surface area contributed by atoms with Gasteiger partial charge in [0.2, 0.25) is 0 Å². The summed E-state index contributed by atoms with van der Waals surface area (Å²) in [5, 5.41) is 21.3. The van der Waals surface area contributed by atoms with Crippen molar-refractivity contribution in [1.29, 1.82) is 5.26 Å². The number of hydrogen-bond acceptors (Lipinski definition) is 8. The number of methoxy groups -OCH3 is 1. The van der Waals surface area contributed by atoms with E-state index in [1.807, 2.05) is 63.6 Å². The highest BCUT2D eigenvalue weighted by Gasteiger charge is 2.26. The van der Waals surface area contributed by atoms with E-state index in [2.05, 4.69) is 20.7 Å². The number of anilines is 3. The lowest BCUT2D eigenvalue weighted by atomic mass is 9.91. The fraction of sp³-hybridized carbons (Fsp3) is 0.500. The van der Waals surface area contributed by atoms with Crippen molar-refractivity contribution in [3.05, 3.63) is 41.8 Å². The van der Waals surface area contributed by atoms with Crippen molar-refractivity contribution in [2.45, 2.75) is 72.1 Å². The summed E-state index contributed by atoms with van der Waals surface area (Å²) in [5.74, 6) is -0.749. The van der Waals surface area contributed by atoms with Crippen LogP contribution in [0.1, 0.15) is 59.4 Å². The average Bonchev–Trinajstić information content (AvgIpc) is 3.27. The van der Waals surface area contributed by atoms with Gasteiger partial charge in [0.05, 0.1) is 36.8 Å². The first-order valence-corrected chi connectivity index (χ1v) is 12.9. The number of aromatic nitrogens is 3. The number of ether oxygens (including phenoxy) is 2. The number of nitriles is 1. The van der Waals surface area contributed by atoms with E-state index in [-0.39, 0.29) is 41.5 Å². The van der Waals surface area contributed by atoms with Crippen LogP contribution in [0.25, 0.3) is 10.9 Å². The van der Waals surface area contributed by atoms with Gasteiger partial charge in [-0.2, -0.15) is 10.4 Å². The molecule has 2 heterocycles. The van der Waals surface area contributed by atoms with Crippen LogP contribution >= 0.6 is 0 Å². The third-order valence-corrected chi connectivity index (χ3v) is 6.21. The molecule has 3 aromatic rings. The van der Waals surface area contributed by atoms with Gasteiger partial charge >= 0.3 is 5.97 Å². The maximum atomic E-state index is 15.0. The lowest BCUT2D eigenvalue weighted by Crippen LogP contribution is -2.33. The van der Waals surface area contributed by atoms with E-state index in [4.69, 9.17) is 9.47 Å². The molecule has 0 aliphatic heterocycles. The van der Waals surface area contributed by atoms with Crippen molar-refractivity contribution in [2.24, 2.45) is 5.92 Å². The maximum Gasteiger partial charge on any atom is 0.306 e. The van der Waals surface area contributed by atoms with E-state index in [1.165, 1.54) is 6.07 Å². The Balaban J connectivity index is 1.83. The standard InChI is InChI=1S/C28H37FN6O3/c1-7-18(15-25(36)38-28(3,4)5)23(8-2)33-27-22(29)14-19(16-30)26(34-27)32-21-9-10-24-20(13-21)17-31-35(24)11-12-37-6/h9-10,13-14,17-18,23H,7-8,11-12,15H2,1-6H3,(H2,32,33,34)/t18-,23-/m1/s1. The van der Waals surface area contributed by atoms with Gasteiger partial charge in [-0.05, 0) is 57.4 Å². The summed E-state index contributed by atoms with van der Waals surface area (Å²) in [6.07, 6.45) is 3.31. The van der Waals surface area contributed by atoms with Crippen LogP contribution in [0.15, 0.2) is 30.5 Å². The van der Waals surface area contributed by atoms with Crippen LogP contribution < -0.4 is 10.6 Å². The summed E-state index contributed by atoms with van der Waals surface area (Å²) >= 11 is 0. The quantitative estimate of drug-likeness (QED) is 0.287. The Morgan fingerprint density at radius 2 is 1.97 bits per heavy atom. The molecule has 2 aromatic heterocycles. The molecule has 0 bridgehead atoms. The summed E-state index contributed by atoms with van der Waals surface area (Å²) in [6.45, 7) is 10.6. The number of nitrogens with one attached hydrogen (secondary N) is 2. The van der Waals surface area contributed by atoms with Crippen LogP contribution in [0.3, 0.4) is 0 Å². The zero-order valence-corrected chi connectivity index (χ0v) is 23.0. The molecular weight excluding hydrogens is 487 g/mol. The zero-order chi connectivity index (χ0) is 27.9. The Morgan fingerprint density at radius 1 is 1.21 bits per heavy atom. The molecule has 38 heavy (non-hydrogen) atoms. The highest BCUT2D eigenvalue weighted by Crippen LogP contribution is 2.28. The van der Waals surface area contributed by atoms with E-state index < -0.39 is 11.4 Å². The second-order valence-corrected chi connectivity index (χ2v) is 10.2. The monoisotopic (exact) mass is 524 g/mol. The first-order valence-electron chi connectivity index (χ1n) is 12.9. The van der Waals surface area contributed by atoms with E-state index in [0.717, 1.165) is 10.9 Å². The molecule has 2 N–H and O–H groups in total. The molecule has 0 saturated heterocycles. The van der Waals surface area contributed by atoms with Gasteiger partial charge in [0.1, 0.15) is 11.7 Å². The number of nitrogens with zero attached hydrogens (tertiary/aromatic N) is 4. The SMILES string of the molecule is CC[C@H](CC(=O)OC(C)(C)C)[C@@H](CC)Nc1nc(Nc2ccc3c(cnn3CCOC)c2)c(C#N)cc1F. The molecule has 0 saturated carbocycles. The minimum atomic E-state index is -0.632. The van der Waals surface area contributed by atoms with Crippen LogP contribution in [-0.4, -0.2) is 46.1 Å². The molecule has 2 atom stereocenters. The molecule has 0 aliphatic rings. The smallest absolute Gasteiger partial charge is 0.306 e. The highest BCUT2D eigenvalue weighted by atomic mass is 19.1. The van der Waals surface area contributed by atoms with Crippen molar-refractivity contribution in [3.8, 4) is 6.07 Å². The third-order valence-electron chi connectivity index (χ3n) is 6.21. The predicted octanol–water partition coefficient (Wildman–Crippen LogP) is 5.78. The van der Waals surface area contributed by atoms with Crippen LogP contribution in [0.2, 0.25) is 0 Å². The summed E-state index contributed by atoms with van der Waals surface area (Å²) in [5.41, 5.74) is 1.15. The van der Waals surface area contributed by atoms with Gasteiger partial charge in [-0.15, -0.1) is 0 Å². The molecule has 0 fully saturated rings. The van der Waals surface area contributed by atoms with Crippen molar-refractivity contribution < 1.29 is 18.7 Å². The second-order valence-electron chi connectivity index (χ2n) is 10.2. The minimum Gasteiger partial charge on any atom is -0.460 e. The Kier molecular flexibility index (Phi) is 9.64. The van der Waals surface area contributed by atoms with Crippen LogP contribution in [0, 0.1) is 23.1 Å². The predicted molar refractivity (Wildman–Crippen MR) is 146 cm³/mol. The Morgan fingerprint density at radius 3 is 2.61 bits per heavy atom. The van der Waals surface area contributed by atoms with E-state index in [1.54, 1.807) is 13.3 Å². The largest absolute Gasteiger partial charge is 0.460 e. The number of rotatable bonds is 12. The first-order chi connectivity index (χ1) is 18.1. The molecule has 10 heteroatoms. The van der Waals surface area contributed by atoms with E-state index >= 15 is 4.39 Å². The van der Waals surface area contributed by atoms with E-state index in [0.29, 0.717) is 31.7 Å². The molecule has 204 valence electrons. The molecule has 1 aromatic carbocycles. The lowest BCUT2D eigenvalue weighted by molar-refractivity contribution is -0.156. The van der Waals surface area contributed by atoms with Gasteiger partial charge in [-0.3, -0.25) is 9.48 Å². The summed E-state index contributed by atoms with van der Waals surface area (Å²) < 4.78 is 27.5. The van der Waals surface area contributed by atoms with Crippen molar-refractivity contribution in [1.82, 2.24) is 14.8 Å². The minimum absolute atomic E-state index is 0.0226. The number of carbonyl (C=O) groups is 1. The van der Waals surface area contributed by atoms with Gasteiger partial charge in [-0.1, -0.05) is 20.3 Å². The topological polar surface area (TPSA) is 114 Å². The lowest BCUT2D eigenvalue weighted by Gasteiger charge is -2.28. The zero-order valence-electron chi connectivity index (χ0n) is 23.0. The van der Waals surface area contributed by atoms with Gasteiger partial charge in [-0.25, -0.2) is 9.37 Å². The number of pyridine rings is 1. The molecule has 0 aliphatic carbocycles. The molecule has 0 radical (unpaired) electrons. The average molecular weight is 525 g/mol. The molecule has 9 nitrogen and oxygen atoms in total. The van der Waals surface area contributed by atoms with Crippen molar-refractivity contribution in [3.63, 3.8) is 0 Å². The second kappa shape index (κ2) is 12.7. The first kappa shape index (κ1) is 28.9. The Bertz CT molecular complexity index is 1290. The number of carbonyl (C=O) groups excluding carboxylic acids is 1. The summed E-state index contributed by atoms with van der Waals surface area (Å²) in [4.78, 5) is 16.9. The van der Waals surface area contributed by atoms with Crippen molar-refractivity contribution >= 4 is 34.2 Å². The molecule has 0 amide bonds. The fourth-order valence-electron chi connectivity index (χ4n) is 4.33. The van der Waals surface area contributed by atoms with Gasteiger partial charge in [0.25, 0.3) is 0 Å². The third kappa shape index (κ3) is 7.42.